The highest BCUT2D eigenvalue weighted by Crippen LogP contribution is 2.41. The summed E-state index contributed by atoms with van der Waals surface area (Å²) in [4.78, 5) is 11.2. The molecule has 0 aliphatic carbocycles. The minimum atomic E-state index is 0.515. The molecule has 5 heteroatoms. The Kier molecular flexibility index (Phi) is 3.87. The molecule has 1 N–H and O–H groups in total. The average molecular weight is 310 g/mol. The summed E-state index contributed by atoms with van der Waals surface area (Å²) in [5.41, 5.74) is 1.39. The van der Waals surface area contributed by atoms with Crippen molar-refractivity contribution >= 4 is 5.82 Å². The number of aromatic nitrogens is 2. The lowest BCUT2D eigenvalue weighted by molar-refractivity contribution is 0.338. The summed E-state index contributed by atoms with van der Waals surface area (Å²) in [5, 5.41) is 3.56. The van der Waals surface area contributed by atoms with E-state index in [2.05, 4.69) is 44.5 Å². The predicted molar refractivity (Wildman–Crippen MR) is 89.9 cm³/mol. The van der Waals surface area contributed by atoms with E-state index in [9.17, 15) is 0 Å². The number of fused-ring (bicyclic) bond motifs is 1. The topological polar surface area (TPSA) is 50.3 Å². The molecule has 2 aromatic rings. The fourth-order valence-corrected chi connectivity index (χ4v) is 4.06. The molecule has 2 fully saturated rings. The molecular weight excluding hydrogens is 288 g/mol. The van der Waals surface area contributed by atoms with Crippen molar-refractivity contribution in [1.29, 1.82) is 0 Å². The van der Waals surface area contributed by atoms with Gasteiger partial charge in [-0.3, -0.25) is 4.98 Å². The molecule has 4 rings (SSSR count). The largest absolute Gasteiger partial charge is 0.497 e. The molecule has 0 unspecified atom stereocenters. The van der Waals surface area contributed by atoms with Crippen LogP contribution in [0.25, 0.3) is 0 Å². The minimum absolute atomic E-state index is 0.515. The van der Waals surface area contributed by atoms with Gasteiger partial charge in [-0.25, -0.2) is 4.98 Å². The van der Waals surface area contributed by atoms with E-state index >= 15 is 0 Å². The van der Waals surface area contributed by atoms with E-state index in [1.165, 1.54) is 5.56 Å². The van der Waals surface area contributed by atoms with E-state index < -0.39 is 0 Å². The van der Waals surface area contributed by atoms with Crippen molar-refractivity contribution in [3.63, 3.8) is 0 Å². The molecule has 0 saturated carbocycles. The predicted octanol–water partition coefficient (Wildman–Crippen LogP) is 2.07. The lowest BCUT2D eigenvalue weighted by Crippen LogP contribution is -2.44. The Morgan fingerprint density at radius 3 is 2.83 bits per heavy atom. The molecule has 1 aromatic heterocycles. The third-order valence-corrected chi connectivity index (χ3v) is 5.19. The molecule has 5 nitrogen and oxygen atoms in total. The Labute approximate surface area is 136 Å². The molecular formula is C18H22N4O. The summed E-state index contributed by atoms with van der Waals surface area (Å²) >= 11 is 0. The molecule has 0 bridgehead atoms. The van der Waals surface area contributed by atoms with Gasteiger partial charge in [0.05, 0.1) is 13.3 Å². The first kappa shape index (κ1) is 14.5. The number of benzene rings is 1. The smallest absolute Gasteiger partial charge is 0.147 e. The van der Waals surface area contributed by atoms with Crippen LogP contribution < -0.4 is 15.0 Å². The molecule has 0 spiro atoms. The van der Waals surface area contributed by atoms with Gasteiger partial charge >= 0.3 is 0 Å². The van der Waals surface area contributed by atoms with Crippen LogP contribution in [0, 0.1) is 5.92 Å². The second-order valence-electron chi connectivity index (χ2n) is 6.32. The van der Waals surface area contributed by atoms with Crippen LogP contribution >= 0.6 is 0 Å². The zero-order chi connectivity index (χ0) is 15.6. The molecule has 120 valence electrons. The number of nitrogens with zero attached hydrogens (tertiary/aromatic N) is 3. The van der Waals surface area contributed by atoms with Crippen molar-refractivity contribution in [2.45, 2.75) is 18.4 Å². The van der Waals surface area contributed by atoms with Crippen LogP contribution in [0.3, 0.4) is 0 Å². The zero-order valence-electron chi connectivity index (χ0n) is 13.4. The number of anilines is 1. The molecule has 3 heterocycles. The maximum atomic E-state index is 5.29. The van der Waals surface area contributed by atoms with Crippen LogP contribution in [-0.2, 0) is 0 Å². The van der Waals surface area contributed by atoms with E-state index in [0.29, 0.717) is 17.9 Å². The summed E-state index contributed by atoms with van der Waals surface area (Å²) < 4.78 is 5.29. The normalized spacial score (nSPS) is 26.8. The molecule has 0 amide bonds. The summed E-state index contributed by atoms with van der Waals surface area (Å²) in [7, 11) is 1.71. The first-order chi connectivity index (χ1) is 11.4. The van der Waals surface area contributed by atoms with E-state index in [0.717, 1.165) is 37.6 Å². The van der Waals surface area contributed by atoms with Crippen molar-refractivity contribution in [1.82, 2.24) is 15.3 Å². The number of methoxy groups -OCH3 is 1. The number of rotatable bonds is 3. The molecule has 2 aliphatic rings. The highest BCUT2D eigenvalue weighted by molar-refractivity contribution is 5.43. The van der Waals surface area contributed by atoms with Crippen LogP contribution in [0.4, 0.5) is 5.82 Å². The van der Waals surface area contributed by atoms with Gasteiger partial charge in [0.2, 0.25) is 0 Å². The maximum Gasteiger partial charge on any atom is 0.147 e. The second kappa shape index (κ2) is 6.16. The van der Waals surface area contributed by atoms with Gasteiger partial charge in [0, 0.05) is 43.4 Å². The van der Waals surface area contributed by atoms with Crippen LogP contribution in [0.2, 0.25) is 0 Å². The Morgan fingerprint density at radius 1 is 1.22 bits per heavy atom. The molecule has 23 heavy (non-hydrogen) atoms. The lowest BCUT2D eigenvalue weighted by atomic mass is 9.82. The van der Waals surface area contributed by atoms with E-state index in [1.54, 1.807) is 19.5 Å². The van der Waals surface area contributed by atoms with Gasteiger partial charge in [-0.15, -0.1) is 0 Å². The monoisotopic (exact) mass is 310 g/mol. The fraction of sp³-hybridized carbons (Fsp3) is 0.444. The van der Waals surface area contributed by atoms with Gasteiger partial charge in [0.1, 0.15) is 11.6 Å². The van der Waals surface area contributed by atoms with Crippen molar-refractivity contribution in [3.05, 3.63) is 48.4 Å². The van der Waals surface area contributed by atoms with Crippen LogP contribution in [-0.4, -0.2) is 42.8 Å². The summed E-state index contributed by atoms with van der Waals surface area (Å²) in [6, 6.07) is 9.07. The Balaban J connectivity index is 1.64. The van der Waals surface area contributed by atoms with Crippen LogP contribution in [0.1, 0.15) is 17.9 Å². The summed E-state index contributed by atoms with van der Waals surface area (Å²) in [6.07, 6.45) is 6.57. The van der Waals surface area contributed by atoms with Crippen molar-refractivity contribution in [2.75, 3.05) is 31.6 Å². The highest BCUT2D eigenvalue weighted by atomic mass is 16.5. The van der Waals surface area contributed by atoms with Gasteiger partial charge in [0.25, 0.3) is 0 Å². The highest BCUT2D eigenvalue weighted by Gasteiger charge is 2.43. The minimum Gasteiger partial charge on any atom is -0.497 e. The van der Waals surface area contributed by atoms with Gasteiger partial charge in [-0.2, -0.15) is 0 Å². The Morgan fingerprint density at radius 2 is 2.09 bits per heavy atom. The lowest BCUT2D eigenvalue weighted by Gasteiger charge is -2.33. The zero-order valence-corrected chi connectivity index (χ0v) is 13.4. The van der Waals surface area contributed by atoms with Gasteiger partial charge < -0.3 is 15.0 Å². The Bertz CT molecular complexity index is 646. The van der Waals surface area contributed by atoms with Crippen molar-refractivity contribution in [2.24, 2.45) is 5.92 Å². The van der Waals surface area contributed by atoms with Gasteiger partial charge in [0.15, 0.2) is 0 Å². The maximum absolute atomic E-state index is 5.29. The number of piperidine rings is 1. The molecule has 2 aliphatic heterocycles. The van der Waals surface area contributed by atoms with E-state index in [1.807, 2.05) is 6.20 Å². The van der Waals surface area contributed by atoms with E-state index in [-0.39, 0.29) is 0 Å². The third-order valence-electron chi connectivity index (χ3n) is 5.19. The fourth-order valence-electron chi connectivity index (χ4n) is 4.06. The van der Waals surface area contributed by atoms with Crippen LogP contribution in [0.15, 0.2) is 42.9 Å². The Hall–Kier alpha value is -2.14. The number of hydrogen-bond donors (Lipinski definition) is 1. The number of ether oxygens (including phenoxy) is 1. The standard InChI is InChI=1S/C18H22N4O/c1-23-14-4-2-13(3-5-14)16-12-22(18-11-20-8-9-21-18)17-6-7-19-10-15(16)17/h2-5,8-9,11,15-17,19H,6-7,10,12H2,1H3/t15-,16-,17-/m1/s1. The number of hydrogen-bond acceptors (Lipinski definition) is 5. The van der Waals surface area contributed by atoms with Crippen LogP contribution in [0.5, 0.6) is 5.75 Å². The van der Waals surface area contributed by atoms with Crippen molar-refractivity contribution < 1.29 is 4.74 Å². The van der Waals surface area contributed by atoms with E-state index in [4.69, 9.17) is 4.74 Å². The quantitative estimate of drug-likeness (QED) is 0.940. The molecule has 1 aromatic carbocycles. The van der Waals surface area contributed by atoms with Gasteiger partial charge in [-0.05, 0) is 30.7 Å². The summed E-state index contributed by atoms with van der Waals surface area (Å²) in [6.45, 7) is 3.15. The van der Waals surface area contributed by atoms with Gasteiger partial charge in [-0.1, -0.05) is 12.1 Å². The first-order valence-corrected chi connectivity index (χ1v) is 8.24. The molecule has 2 saturated heterocycles. The average Bonchev–Trinajstić information content (AvgIpc) is 3.02. The summed E-state index contributed by atoms with van der Waals surface area (Å²) in [5.74, 6) is 3.04. The van der Waals surface area contributed by atoms with Crippen molar-refractivity contribution in [3.8, 4) is 5.75 Å². The molecule has 3 atom stereocenters. The third kappa shape index (κ3) is 2.65. The molecule has 0 radical (unpaired) electrons. The number of nitrogens with one attached hydrogen (secondary N) is 1. The second-order valence-corrected chi connectivity index (χ2v) is 6.32. The SMILES string of the molecule is COc1ccc([C@H]2CN(c3cnccn3)[C@@H]3CCNC[C@H]23)cc1. The first-order valence-electron chi connectivity index (χ1n) is 8.24.